The Bertz CT molecular complexity index is 570. The number of hydrogen-bond acceptors (Lipinski definition) is 2. The number of hydrogen-bond donors (Lipinski definition) is 1. The van der Waals surface area contributed by atoms with Crippen molar-refractivity contribution in [1.82, 2.24) is 0 Å². The zero-order valence-corrected chi connectivity index (χ0v) is 12.2. The first-order valence-corrected chi connectivity index (χ1v) is 6.80. The fraction of sp³-hybridized carbons (Fsp3) is 0.200. The Morgan fingerprint density at radius 2 is 1.84 bits per heavy atom. The maximum absolute atomic E-state index is 6.28. The predicted octanol–water partition coefficient (Wildman–Crippen LogP) is 4.09. The van der Waals surface area contributed by atoms with Gasteiger partial charge in [0.05, 0.1) is 10.7 Å². The monoisotopic (exact) mass is 294 g/mol. The highest BCUT2D eigenvalue weighted by Gasteiger charge is 2.07. The number of halogens is 2. The molecular formula is C15H16Cl2N2. The molecule has 2 N–H and O–H groups in total. The van der Waals surface area contributed by atoms with Gasteiger partial charge in [0.2, 0.25) is 0 Å². The molecule has 0 fully saturated rings. The van der Waals surface area contributed by atoms with E-state index in [1.54, 1.807) is 0 Å². The zero-order valence-electron chi connectivity index (χ0n) is 10.7. The number of nitrogens with two attached hydrogens (primary N) is 1. The van der Waals surface area contributed by atoms with Crippen molar-refractivity contribution in [3.05, 3.63) is 63.6 Å². The Morgan fingerprint density at radius 1 is 1.05 bits per heavy atom. The Balaban J connectivity index is 2.18. The summed E-state index contributed by atoms with van der Waals surface area (Å²) in [5, 5.41) is 1.46. The SMILES string of the molecule is CN(Cc1cccc(Cl)c1)c1ccc(CN)cc1Cl. The molecule has 0 aliphatic rings. The van der Waals surface area contributed by atoms with E-state index in [0.29, 0.717) is 11.6 Å². The van der Waals surface area contributed by atoms with E-state index in [2.05, 4.69) is 4.90 Å². The Kier molecular flexibility index (Phi) is 4.70. The molecule has 0 heterocycles. The molecular weight excluding hydrogens is 279 g/mol. The maximum atomic E-state index is 6.28. The Morgan fingerprint density at radius 3 is 2.47 bits per heavy atom. The maximum Gasteiger partial charge on any atom is 0.0642 e. The van der Waals surface area contributed by atoms with Gasteiger partial charge in [0, 0.05) is 25.2 Å². The van der Waals surface area contributed by atoms with Crippen molar-refractivity contribution in [2.24, 2.45) is 5.73 Å². The van der Waals surface area contributed by atoms with E-state index in [9.17, 15) is 0 Å². The molecule has 0 spiro atoms. The van der Waals surface area contributed by atoms with E-state index >= 15 is 0 Å². The summed E-state index contributed by atoms with van der Waals surface area (Å²) in [5.41, 5.74) is 8.76. The van der Waals surface area contributed by atoms with E-state index < -0.39 is 0 Å². The molecule has 0 unspecified atom stereocenters. The van der Waals surface area contributed by atoms with Gasteiger partial charge in [-0.05, 0) is 35.4 Å². The van der Waals surface area contributed by atoms with E-state index in [4.69, 9.17) is 28.9 Å². The number of nitrogens with zero attached hydrogens (tertiary/aromatic N) is 1. The van der Waals surface area contributed by atoms with Crippen LogP contribution < -0.4 is 10.6 Å². The molecule has 100 valence electrons. The fourth-order valence-electron chi connectivity index (χ4n) is 1.98. The van der Waals surface area contributed by atoms with Crippen LogP contribution in [0.3, 0.4) is 0 Å². The minimum atomic E-state index is 0.498. The largest absolute Gasteiger partial charge is 0.369 e. The third kappa shape index (κ3) is 3.63. The standard InChI is InChI=1S/C15H16Cl2N2/c1-19(10-12-3-2-4-13(16)7-12)15-6-5-11(9-18)8-14(15)17/h2-8H,9-10,18H2,1H3. The average molecular weight is 295 g/mol. The minimum absolute atomic E-state index is 0.498. The first kappa shape index (κ1) is 14.2. The lowest BCUT2D eigenvalue weighted by atomic mass is 10.1. The van der Waals surface area contributed by atoms with Crippen LogP contribution in [-0.4, -0.2) is 7.05 Å². The van der Waals surface area contributed by atoms with Crippen LogP contribution in [0.15, 0.2) is 42.5 Å². The summed E-state index contributed by atoms with van der Waals surface area (Å²) in [7, 11) is 2.00. The van der Waals surface area contributed by atoms with Gasteiger partial charge in [0.15, 0.2) is 0 Å². The van der Waals surface area contributed by atoms with Gasteiger partial charge in [-0.3, -0.25) is 0 Å². The second-order valence-electron chi connectivity index (χ2n) is 4.48. The molecule has 2 aromatic rings. The van der Waals surface area contributed by atoms with Gasteiger partial charge in [0.25, 0.3) is 0 Å². The number of benzene rings is 2. The van der Waals surface area contributed by atoms with Crippen LogP contribution in [0.5, 0.6) is 0 Å². The Hall–Kier alpha value is -1.22. The van der Waals surface area contributed by atoms with Crippen molar-refractivity contribution in [1.29, 1.82) is 0 Å². The van der Waals surface area contributed by atoms with Crippen LogP contribution in [0.4, 0.5) is 5.69 Å². The van der Waals surface area contributed by atoms with Crippen molar-refractivity contribution in [2.75, 3.05) is 11.9 Å². The van der Waals surface area contributed by atoms with E-state index in [0.717, 1.165) is 28.4 Å². The van der Waals surface area contributed by atoms with Crippen molar-refractivity contribution >= 4 is 28.9 Å². The summed E-state index contributed by atoms with van der Waals surface area (Å²) < 4.78 is 0. The van der Waals surface area contributed by atoms with Crippen LogP contribution in [0.2, 0.25) is 10.0 Å². The van der Waals surface area contributed by atoms with Crippen LogP contribution in [0.25, 0.3) is 0 Å². The summed E-state index contributed by atoms with van der Waals surface area (Å²) >= 11 is 12.3. The van der Waals surface area contributed by atoms with Crippen LogP contribution in [0, 0.1) is 0 Å². The summed E-state index contributed by atoms with van der Waals surface area (Å²) in [6.45, 7) is 1.25. The molecule has 0 aliphatic heterocycles. The molecule has 0 saturated heterocycles. The van der Waals surface area contributed by atoms with Gasteiger partial charge >= 0.3 is 0 Å². The predicted molar refractivity (Wildman–Crippen MR) is 82.9 cm³/mol. The zero-order chi connectivity index (χ0) is 13.8. The number of rotatable bonds is 4. The van der Waals surface area contributed by atoms with E-state index in [1.807, 2.05) is 49.5 Å². The Labute approximate surface area is 123 Å². The van der Waals surface area contributed by atoms with Crippen molar-refractivity contribution < 1.29 is 0 Å². The summed E-state index contributed by atoms with van der Waals surface area (Å²) in [6, 6.07) is 13.7. The summed E-state index contributed by atoms with van der Waals surface area (Å²) in [5.74, 6) is 0. The minimum Gasteiger partial charge on any atom is -0.369 e. The van der Waals surface area contributed by atoms with Gasteiger partial charge in [-0.15, -0.1) is 0 Å². The lowest BCUT2D eigenvalue weighted by Crippen LogP contribution is -2.16. The van der Waals surface area contributed by atoms with Crippen LogP contribution >= 0.6 is 23.2 Å². The second kappa shape index (κ2) is 6.29. The molecule has 4 heteroatoms. The first-order valence-electron chi connectivity index (χ1n) is 6.04. The smallest absolute Gasteiger partial charge is 0.0642 e. The van der Waals surface area contributed by atoms with Crippen molar-refractivity contribution in [3.8, 4) is 0 Å². The molecule has 0 aliphatic carbocycles. The molecule has 2 nitrogen and oxygen atoms in total. The normalized spacial score (nSPS) is 10.5. The lowest BCUT2D eigenvalue weighted by Gasteiger charge is -2.21. The van der Waals surface area contributed by atoms with Crippen LogP contribution in [0.1, 0.15) is 11.1 Å². The third-order valence-electron chi connectivity index (χ3n) is 2.97. The quantitative estimate of drug-likeness (QED) is 0.920. The molecule has 0 bridgehead atoms. The third-order valence-corrected chi connectivity index (χ3v) is 3.51. The molecule has 2 rings (SSSR count). The molecule has 0 aromatic heterocycles. The molecule has 0 atom stereocenters. The summed E-state index contributed by atoms with van der Waals surface area (Å²) in [4.78, 5) is 2.09. The van der Waals surface area contributed by atoms with E-state index in [-0.39, 0.29) is 0 Å². The summed E-state index contributed by atoms with van der Waals surface area (Å²) in [6.07, 6.45) is 0. The van der Waals surface area contributed by atoms with Crippen molar-refractivity contribution in [2.45, 2.75) is 13.1 Å². The molecule has 19 heavy (non-hydrogen) atoms. The highest BCUT2D eigenvalue weighted by atomic mass is 35.5. The lowest BCUT2D eigenvalue weighted by molar-refractivity contribution is 0.921. The highest BCUT2D eigenvalue weighted by Crippen LogP contribution is 2.27. The molecule has 0 amide bonds. The average Bonchev–Trinajstić information content (AvgIpc) is 2.38. The molecule has 2 aromatic carbocycles. The topological polar surface area (TPSA) is 29.3 Å². The first-order chi connectivity index (χ1) is 9.10. The van der Waals surface area contributed by atoms with Crippen LogP contribution in [-0.2, 0) is 13.1 Å². The van der Waals surface area contributed by atoms with Gasteiger partial charge in [-0.1, -0.05) is 41.4 Å². The van der Waals surface area contributed by atoms with Gasteiger partial charge in [-0.2, -0.15) is 0 Å². The molecule has 0 radical (unpaired) electrons. The van der Waals surface area contributed by atoms with Crippen molar-refractivity contribution in [3.63, 3.8) is 0 Å². The molecule has 0 saturated carbocycles. The fourth-order valence-corrected chi connectivity index (χ4v) is 2.54. The highest BCUT2D eigenvalue weighted by molar-refractivity contribution is 6.33. The van der Waals surface area contributed by atoms with Gasteiger partial charge in [-0.25, -0.2) is 0 Å². The van der Waals surface area contributed by atoms with E-state index in [1.165, 1.54) is 0 Å². The van der Waals surface area contributed by atoms with Gasteiger partial charge in [0.1, 0.15) is 0 Å². The second-order valence-corrected chi connectivity index (χ2v) is 5.32. The van der Waals surface area contributed by atoms with Gasteiger partial charge < -0.3 is 10.6 Å². The number of anilines is 1.